The van der Waals surface area contributed by atoms with Gasteiger partial charge in [0.2, 0.25) is 0 Å². The molecular formula is C18H28O5Si. The first-order chi connectivity index (χ1) is 11.6. The maximum atomic E-state index is 12.2. The lowest BCUT2D eigenvalue weighted by Crippen LogP contribution is -2.57. The molecule has 1 unspecified atom stereocenters. The van der Waals surface area contributed by atoms with E-state index in [1.165, 1.54) is 6.08 Å². The van der Waals surface area contributed by atoms with Gasteiger partial charge >= 0.3 is 14.8 Å². The van der Waals surface area contributed by atoms with E-state index in [4.69, 9.17) is 18.0 Å². The molecule has 0 fully saturated rings. The number of ether oxygens (including phenoxy) is 1. The van der Waals surface area contributed by atoms with Gasteiger partial charge in [-0.1, -0.05) is 37.3 Å². The molecule has 6 heteroatoms. The second-order valence-corrected chi connectivity index (χ2v) is 7.70. The second kappa shape index (κ2) is 11.1. The first-order valence-corrected chi connectivity index (χ1v) is 10.3. The van der Waals surface area contributed by atoms with Crippen molar-refractivity contribution in [3.8, 4) is 0 Å². The number of carbonyl (C=O) groups is 1. The van der Waals surface area contributed by atoms with Gasteiger partial charge in [-0.2, -0.15) is 0 Å². The molecule has 0 amide bonds. The van der Waals surface area contributed by atoms with Gasteiger partial charge in [0.1, 0.15) is 0 Å². The number of carbonyl (C=O) groups excluding carboxylic acids is 1. The summed E-state index contributed by atoms with van der Waals surface area (Å²) < 4.78 is 23.1. The standard InChI is InChI=1S/C18H28O5Si/c1-5-18(24(20-6-2,21-7-3)22-8-4)23-17(19)15-14-16-12-10-9-11-13-16/h9-15,18H,5-8H2,1-4H3/b15-14+. The third kappa shape index (κ3) is 6.20. The molecule has 0 spiro atoms. The Bertz CT molecular complexity index is 486. The molecule has 1 aromatic carbocycles. The Morgan fingerprint density at radius 3 is 2.00 bits per heavy atom. The number of benzene rings is 1. The topological polar surface area (TPSA) is 54.0 Å². The molecule has 0 saturated heterocycles. The third-order valence-corrected chi connectivity index (χ3v) is 6.66. The van der Waals surface area contributed by atoms with E-state index in [9.17, 15) is 4.79 Å². The smallest absolute Gasteiger partial charge is 0.455 e. The number of hydrogen-bond acceptors (Lipinski definition) is 5. The van der Waals surface area contributed by atoms with Crippen LogP contribution in [0.1, 0.15) is 39.7 Å². The molecule has 1 aromatic rings. The van der Waals surface area contributed by atoms with E-state index in [-0.39, 0.29) is 0 Å². The van der Waals surface area contributed by atoms with Crippen molar-refractivity contribution >= 4 is 20.8 Å². The maximum Gasteiger partial charge on any atom is 0.544 e. The van der Waals surface area contributed by atoms with Crippen molar-refractivity contribution in [2.75, 3.05) is 19.8 Å². The molecule has 0 aliphatic carbocycles. The molecule has 0 aliphatic rings. The van der Waals surface area contributed by atoms with E-state index < -0.39 is 20.5 Å². The van der Waals surface area contributed by atoms with Crippen LogP contribution >= 0.6 is 0 Å². The molecule has 0 aliphatic heterocycles. The SMILES string of the molecule is CCO[Si](OCC)(OCC)C(CC)OC(=O)/C=C/c1ccccc1. The summed E-state index contributed by atoms with van der Waals surface area (Å²) in [5.74, 6) is -0.429. The van der Waals surface area contributed by atoms with E-state index in [0.717, 1.165) is 5.56 Å². The quantitative estimate of drug-likeness (QED) is 0.346. The van der Waals surface area contributed by atoms with Crippen LogP contribution < -0.4 is 0 Å². The fraction of sp³-hybridized carbons (Fsp3) is 0.500. The molecule has 24 heavy (non-hydrogen) atoms. The summed E-state index contributed by atoms with van der Waals surface area (Å²) in [4.78, 5) is 12.2. The average molecular weight is 353 g/mol. The minimum atomic E-state index is -3.07. The van der Waals surface area contributed by atoms with Crippen LogP contribution in [0.4, 0.5) is 0 Å². The van der Waals surface area contributed by atoms with E-state index in [1.54, 1.807) is 6.08 Å². The van der Waals surface area contributed by atoms with E-state index in [0.29, 0.717) is 26.2 Å². The molecular weight excluding hydrogens is 324 g/mol. The van der Waals surface area contributed by atoms with Gasteiger partial charge in [0.05, 0.1) is 0 Å². The largest absolute Gasteiger partial charge is 0.544 e. The highest BCUT2D eigenvalue weighted by Gasteiger charge is 2.51. The summed E-state index contributed by atoms with van der Waals surface area (Å²) in [6.45, 7) is 8.90. The van der Waals surface area contributed by atoms with Crippen LogP contribution in [0.15, 0.2) is 36.4 Å². The zero-order valence-corrected chi connectivity index (χ0v) is 16.0. The Morgan fingerprint density at radius 1 is 1.00 bits per heavy atom. The summed E-state index contributed by atoms with van der Waals surface area (Å²) in [5, 5.41) is 0. The van der Waals surface area contributed by atoms with Crippen molar-refractivity contribution in [1.29, 1.82) is 0 Å². The van der Waals surface area contributed by atoms with Gasteiger partial charge in [0.25, 0.3) is 0 Å². The first kappa shape index (κ1) is 20.6. The monoisotopic (exact) mass is 352 g/mol. The Balaban J connectivity index is 2.84. The van der Waals surface area contributed by atoms with Gasteiger partial charge < -0.3 is 18.0 Å². The predicted octanol–water partition coefficient (Wildman–Crippen LogP) is 3.61. The lowest BCUT2D eigenvalue weighted by atomic mass is 10.2. The summed E-state index contributed by atoms with van der Waals surface area (Å²) in [6, 6.07) is 9.59. The van der Waals surface area contributed by atoms with Gasteiger partial charge in [0, 0.05) is 25.9 Å². The lowest BCUT2D eigenvalue weighted by Gasteiger charge is -2.33. The Morgan fingerprint density at radius 2 is 1.54 bits per heavy atom. The predicted molar refractivity (Wildman–Crippen MR) is 96.3 cm³/mol. The van der Waals surface area contributed by atoms with Crippen molar-refractivity contribution in [3.63, 3.8) is 0 Å². The molecule has 0 aromatic heterocycles. The number of hydrogen-bond donors (Lipinski definition) is 0. The molecule has 134 valence electrons. The summed E-state index contributed by atoms with van der Waals surface area (Å²) in [5.41, 5.74) is 0.413. The summed E-state index contributed by atoms with van der Waals surface area (Å²) in [7, 11) is -3.07. The summed E-state index contributed by atoms with van der Waals surface area (Å²) in [6.07, 6.45) is 3.71. The number of esters is 1. The van der Waals surface area contributed by atoms with Crippen molar-refractivity contribution < 1.29 is 22.8 Å². The van der Waals surface area contributed by atoms with Crippen LogP contribution in [-0.2, 0) is 22.8 Å². The second-order valence-electron chi connectivity index (χ2n) is 4.98. The van der Waals surface area contributed by atoms with E-state index in [1.807, 2.05) is 58.0 Å². The van der Waals surface area contributed by atoms with Gasteiger partial charge in [-0.15, -0.1) is 0 Å². The first-order valence-electron chi connectivity index (χ1n) is 8.47. The zero-order valence-electron chi connectivity index (χ0n) is 15.0. The van der Waals surface area contributed by atoms with Gasteiger partial charge in [0.15, 0.2) is 5.73 Å². The fourth-order valence-corrected chi connectivity index (χ4v) is 5.10. The maximum absolute atomic E-state index is 12.2. The highest BCUT2D eigenvalue weighted by atomic mass is 28.4. The normalized spacial score (nSPS) is 13.2. The fourth-order valence-electron chi connectivity index (χ4n) is 2.32. The average Bonchev–Trinajstić information content (AvgIpc) is 2.59. The van der Waals surface area contributed by atoms with Crippen LogP contribution in [0.25, 0.3) is 6.08 Å². The van der Waals surface area contributed by atoms with Crippen molar-refractivity contribution in [2.24, 2.45) is 0 Å². The molecule has 5 nitrogen and oxygen atoms in total. The minimum Gasteiger partial charge on any atom is -0.455 e. The highest BCUT2D eigenvalue weighted by molar-refractivity contribution is 6.62. The van der Waals surface area contributed by atoms with Crippen molar-refractivity contribution in [3.05, 3.63) is 42.0 Å². The molecule has 0 radical (unpaired) electrons. The number of rotatable bonds is 11. The van der Waals surface area contributed by atoms with Crippen LogP contribution in [-0.4, -0.2) is 40.3 Å². The van der Waals surface area contributed by atoms with E-state index in [2.05, 4.69) is 0 Å². The van der Waals surface area contributed by atoms with Crippen LogP contribution in [0, 0.1) is 0 Å². The van der Waals surface area contributed by atoms with Gasteiger partial charge in [-0.3, -0.25) is 0 Å². The van der Waals surface area contributed by atoms with Crippen LogP contribution in [0.5, 0.6) is 0 Å². The van der Waals surface area contributed by atoms with Crippen LogP contribution in [0.3, 0.4) is 0 Å². The Hall–Kier alpha value is -1.47. The highest BCUT2D eigenvalue weighted by Crippen LogP contribution is 2.21. The zero-order chi connectivity index (χ0) is 17.8. The van der Waals surface area contributed by atoms with Gasteiger partial charge in [-0.05, 0) is 38.8 Å². The summed E-state index contributed by atoms with van der Waals surface area (Å²) >= 11 is 0. The molecule has 1 rings (SSSR count). The van der Waals surface area contributed by atoms with Crippen LogP contribution in [0.2, 0.25) is 0 Å². The minimum absolute atomic E-state index is 0.429. The molecule has 0 bridgehead atoms. The Labute approximate surface area is 145 Å². The van der Waals surface area contributed by atoms with Crippen molar-refractivity contribution in [1.82, 2.24) is 0 Å². The molecule has 0 saturated carbocycles. The van der Waals surface area contributed by atoms with Gasteiger partial charge in [-0.25, -0.2) is 4.79 Å². The molecule has 0 heterocycles. The lowest BCUT2D eigenvalue weighted by molar-refractivity contribution is -0.143. The van der Waals surface area contributed by atoms with E-state index >= 15 is 0 Å². The van der Waals surface area contributed by atoms with Crippen molar-refractivity contribution in [2.45, 2.75) is 39.8 Å². The third-order valence-electron chi connectivity index (χ3n) is 3.27. The molecule has 0 N–H and O–H groups in total. The molecule has 1 atom stereocenters. The Kier molecular flexibility index (Phi) is 9.55.